The Labute approximate surface area is 105 Å². The minimum absolute atomic E-state index is 0.491. The predicted molar refractivity (Wildman–Crippen MR) is 73.3 cm³/mol. The molecule has 0 bridgehead atoms. The number of nitrogens with one attached hydrogen (secondary N) is 1. The molecule has 0 radical (unpaired) electrons. The van der Waals surface area contributed by atoms with Crippen LogP contribution in [-0.4, -0.2) is 26.3 Å². The van der Waals surface area contributed by atoms with Gasteiger partial charge in [-0.25, -0.2) is 0 Å². The third-order valence-corrected chi connectivity index (χ3v) is 2.94. The van der Waals surface area contributed by atoms with Crippen molar-refractivity contribution in [3.05, 3.63) is 35.9 Å². The van der Waals surface area contributed by atoms with Gasteiger partial charge in [0.25, 0.3) is 0 Å². The number of hydrogen-bond acceptors (Lipinski definition) is 2. The maximum Gasteiger partial charge on any atom is 0.0619 e. The smallest absolute Gasteiger partial charge is 0.0619 e. The molecule has 96 valence electrons. The van der Waals surface area contributed by atoms with Crippen LogP contribution in [0.4, 0.5) is 0 Å². The fourth-order valence-electron chi connectivity index (χ4n) is 1.88. The molecular weight excluding hydrogens is 210 g/mol. The second-order valence-corrected chi connectivity index (χ2v) is 4.44. The van der Waals surface area contributed by atoms with Gasteiger partial charge in [-0.3, -0.25) is 0 Å². The maximum absolute atomic E-state index is 5.58. The molecule has 17 heavy (non-hydrogen) atoms. The first-order valence-electron chi connectivity index (χ1n) is 6.65. The van der Waals surface area contributed by atoms with E-state index in [0.29, 0.717) is 6.04 Å². The Morgan fingerprint density at radius 3 is 2.65 bits per heavy atom. The van der Waals surface area contributed by atoms with Gasteiger partial charge in [-0.2, -0.15) is 0 Å². The highest BCUT2D eigenvalue weighted by Gasteiger charge is 2.05. The minimum atomic E-state index is 0.491. The molecule has 1 unspecified atom stereocenters. The number of ether oxygens (including phenoxy) is 1. The number of hydrogen-bond donors (Lipinski definition) is 1. The van der Waals surface area contributed by atoms with E-state index < -0.39 is 0 Å². The van der Waals surface area contributed by atoms with Gasteiger partial charge in [-0.05, 0) is 38.3 Å². The van der Waals surface area contributed by atoms with Gasteiger partial charge >= 0.3 is 0 Å². The van der Waals surface area contributed by atoms with Crippen LogP contribution < -0.4 is 5.32 Å². The Bertz CT molecular complexity index is 274. The lowest BCUT2D eigenvalue weighted by molar-refractivity contribution is 0.111. The van der Waals surface area contributed by atoms with E-state index in [1.165, 1.54) is 18.4 Å². The third kappa shape index (κ3) is 6.44. The summed E-state index contributed by atoms with van der Waals surface area (Å²) in [5.74, 6) is 0. The molecule has 0 saturated carbocycles. The normalized spacial score (nSPS) is 12.6. The summed E-state index contributed by atoms with van der Waals surface area (Å²) < 4.78 is 5.58. The molecular formula is C15H25NO. The first kappa shape index (κ1) is 14.2. The highest BCUT2D eigenvalue weighted by molar-refractivity contribution is 5.14. The second-order valence-electron chi connectivity index (χ2n) is 4.44. The highest BCUT2D eigenvalue weighted by atomic mass is 16.5. The number of aryl methyl sites for hydroxylation is 1. The summed E-state index contributed by atoms with van der Waals surface area (Å²) >= 11 is 0. The van der Waals surface area contributed by atoms with Crippen molar-refractivity contribution in [3.8, 4) is 0 Å². The van der Waals surface area contributed by atoms with Crippen LogP contribution in [0.1, 0.15) is 31.7 Å². The Hall–Kier alpha value is -0.860. The molecule has 0 aliphatic heterocycles. The highest BCUT2D eigenvalue weighted by Crippen LogP contribution is 2.06. The van der Waals surface area contributed by atoms with E-state index in [0.717, 1.165) is 26.1 Å². The van der Waals surface area contributed by atoms with Crippen molar-refractivity contribution in [2.24, 2.45) is 0 Å². The van der Waals surface area contributed by atoms with Crippen molar-refractivity contribution >= 4 is 0 Å². The molecule has 2 heteroatoms. The second kappa shape index (κ2) is 9.20. The van der Waals surface area contributed by atoms with E-state index in [9.17, 15) is 0 Å². The van der Waals surface area contributed by atoms with Crippen LogP contribution in [-0.2, 0) is 11.2 Å². The molecule has 1 aromatic rings. The molecule has 0 amide bonds. The molecule has 1 atom stereocenters. The summed E-state index contributed by atoms with van der Waals surface area (Å²) in [6, 6.07) is 11.2. The molecule has 1 rings (SSSR count). The SMILES string of the molecule is CCCOCC(CCCc1ccccc1)NC. The largest absolute Gasteiger partial charge is 0.380 e. The van der Waals surface area contributed by atoms with Crippen LogP contribution in [0.15, 0.2) is 30.3 Å². The lowest BCUT2D eigenvalue weighted by Gasteiger charge is -2.16. The quantitative estimate of drug-likeness (QED) is 0.664. The van der Waals surface area contributed by atoms with E-state index in [2.05, 4.69) is 42.6 Å². The summed E-state index contributed by atoms with van der Waals surface area (Å²) in [6.45, 7) is 3.85. The van der Waals surface area contributed by atoms with Gasteiger partial charge < -0.3 is 10.1 Å². The van der Waals surface area contributed by atoms with Crippen molar-refractivity contribution in [1.29, 1.82) is 0 Å². The Kier molecular flexibility index (Phi) is 7.69. The van der Waals surface area contributed by atoms with E-state index in [1.807, 2.05) is 7.05 Å². The molecule has 0 heterocycles. The number of benzene rings is 1. The lowest BCUT2D eigenvalue weighted by atomic mass is 10.1. The molecule has 1 N–H and O–H groups in total. The van der Waals surface area contributed by atoms with Crippen molar-refractivity contribution < 1.29 is 4.74 Å². The molecule has 0 fully saturated rings. The van der Waals surface area contributed by atoms with Crippen LogP contribution in [0.5, 0.6) is 0 Å². The maximum atomic E-state index is 5.58. The standard InChI is InChI=1S/C15H25NO/c1-3-12-17-13-15(16-2)11-7-10-14-8-5-4-6-9-14/h4-6,8-9,15-16H,3,7,10-13H2,1-2H3. The van der Waals surface area contributed by atoms with Gasteiger partial charge in [-0.1, -0.05) is 37.3 Å². The average Bonchev–Trinajstić information content (AvgIpc) is 2.38. The van der Waals surface area contributed by atoms with Gasteiger partial charge in [0.05, 0.1) is 6.61 Å². The monoisotopic (exact) mass is 235 g/mol. The fraction of sp³-hybridized carbons (Fsp3) is 0.600. The first-order chi connectivity index (χ1) is 8.36. The van der Waals surface area contributed by atoms with Crippen LogP contribution >= 0.6 is 0 Å². The van der Waals surface area contributed by atoms with E-state index in [-0.39, 0.29) is 0 Å². The molecule has 0 saturated heterocycles. The van der Waals surface area contributed by atoms with Gasteiger partial charge in [0, 0.05) is 12.6 Å². The zero-order valence-corrected chi connectivity index (χ0v) is 11.1. The topological polar surface area (TPSA) is 21.3 Å². The van der Waals surface area contributed by atoms with Crippen LogP contribution in [0.3, 0.4) is 0 Å². The zero-order valence-electron chi connectivity index (χ0n) is 11.1. The van der Waals surface area contributed by atoms with Gasteiger partial charge in [0.1, 0.15) is 0 Å². The van der Waals surface area contributed by atoms with Gasteiger partial charge in [-0.15, -0.1) is 0 Å². The van der Waals surface area contributed by atoms with Crippen molar-refractivity contribution in [2.75, 3.05) is 20.3 Å². The average molecular weight is 235 g/mol. The Balaban J connectivity index is 2.15. The third-order valence-electron chi connectivity index (χ3n) is 2.94. The Morgan fingerprint density at radius 2 is 2.00 bits per heavy atom. The van der Waals surface area contributed by atoms with E-state index >= 15 is 0 Å². The molecule has 0 spiro atoms. The van der Waals surface area contributed by atoms with Crippen molar-refractivity contribution in [2.45, 2.75) is 38.6 Å². The number of rotatable bonds is 9. The fourth-order valence-corrected chi connectivity index (χ4v) is 1.88. The van der Waals surface area contributed by atoms with E-state index in [4.69, 9.17) is 4.74 Å². The van der Waals surface area contributed by atoms with Crippen LogP contribution in [0.25, 0.3) is 0 Å². The Morgan fingerprint density at radius 1 is 1.24 bits per heavy atom. The summed E-state index contributed by atoms with van der Waals surface area (Å²) in [5, 5.41) is 3.32. The summed E-state index contributed by atoms with van der Waals surface area (Å²) in [4.78, 5) is 0. The van der Waals surface area contributed by atoms with Gasteiger partial charge in [0.2, 0.25) is 0 Å². The van der Waals surface area contributed by atoms with Crippen molar-refractivity contribution in [3.63, 3.8) is 0 Å². The number of likely N-dealkylation sites (N-methyl/N-ethyl adjacent to an activating group) is 1. The zero-order chi connectivity index (χ0) is 12.3. The van der Waals surface area contributed by atoms with E-state index in [1.54, 1.807) is 0 Å². The lowest BCUT2D eigenvalue weighted by Crippen LogP contribution is -2.30. The molecule has 0 aliphatic rings. The summed E-state index contributed by atoms with van der Waals surface area (Å²) in [5.41, 5.74) is 1.43. The van der Waals surface area contributed by atoms with Gasteiger partial charge in [0.15, 0.2) is 0 Å². The summed E-state index contributed by atoms with van der Waals surface area (Å²) in [7, 11) is 2.02. The molecule has 2 nitrogen and oxygen atoms in total. The molecule has 0 aromatic heterocycles. The first-order valence-corrected chi connectivity index (χ1v) is 6.65. The predicted octanol–water partition coefficient (Wildman–Crippen LogP) is 3.02. The minimum Gasteiger partial charge on any atom is -0.380 e. The van der Waals surface area contributed by atoms with Crippen LogP contribution in [0.2, 0.25) is 0 Å². The van der Waals surface area contributed by atoms with Crippen LogP contribution in [0, 0.1) is 0 Å². The summed E-state index contributed by atoms with van der Waals surface area (Å²) in [6.07, 6.45) is 4.65. The van der Waals surface area contributed by atoms with Crippen molar-refractivity contribution in [1.82, 2.24) is 5.32 Å². The molecule has 0 aliphatic carbocycles. The molecule has 1 aromatic carbocycles.